The van der Waals surface area contributed by atoms with E-state index in [0.717, 1.165) is 31.6 Å². The second kappa shape index (κ2) is 5.21. The summed E-state index contributed by atoms with van der Waals surface area (Å²) in [6.07, 6.45) is 10.9. The molecule has 3 heteroatoms. The first-order valence-corrected chi connectivity index (χ1v) is 6.90. The lowest BCUT2D eigenvalue weighted by atomic mass is 9.77. The van der Waals surface area contributed by atoms with Gasteiger partial charge in [-0.1, -0.05) is 26.2 Å². The quantitative estimate of drug-likeness (QED) is 0.872. The fourth-order valence-corrected chi connectivity index (χ4v) is 3.02. The van der Waals surface area contributed by atoms with Gasteiger partial charge in [-0.05, 0) is 32.1 Å². The Kier molecular flexibility index (Phi) is 3.87. The molecule has 0 aliphatic heterocycles. The van der Waals surface area contributed by atoms with Gasteiger partial charge in [-0.3, -0.25) is 0 Å². The average molecular weight is 236 g/mol. The van der Waals surface area contributed by atoms with Crippen LogP contribution in [0.15, 0.2) is 12.4 Å². The zero-order chi connectivity index (χ0) is 12.3. The molecule has 2 rings (SSSR count). The fourth-order valence-electron chi connectivity index (χ4n) is 3.02. The normalized spacial score (nSPS) is 21.4. The summed E-state index contributed by atoms with van der Waals surface area (Å²) in [7, 11) is 0. The number of hydrogen-bond acceptors (Lipinski definition) is 2. The number of imidazole rings is 1. The van der Waals surface area contributed by atoms with Crippen LogP contribution in [0.2, 0.25) is 0 Å². The Bertz CT molecular complexity index is 351. The predicted molar refractivity (Wildman–Crippen MR) is 68.7 cm³/mol. The monoisotopic (exact) mass is 236 g/mol. The van der Waals surface area contributed by atoms with E-state index in [-0.39, 0.29) is 0 Å². The van der Waals surface area contributed by atoms with E-state index in [4.69, 9.17) is 0 Å². The minimum absolute atomic E-state index is 0.370. The topological polar surface area (TPSA) is 38.0 Å². The van der Waals surface area contributed by atoms with E-state index >= 15 is 0 Å². The predicted octanol–water partition coefficient (Wildman–Crippen LogP) is 3.08. The highest BCUT2D eigenvalue weighted by molar-refractivity contribution is 5.06. The Labute approximate surface area is 104 Å². The SMILES string of the molecule is CCCn1ccnc1C(C)(O)C1CCCCC1. The van der Waals surface area contributed by atoms with Crippen LogP contribution in [0, 0.1) is 5.92 Å². The third-order valence-electron chi connectivity index (χ3n) is 4.03. The van der Waals surface area contributed by atoms with Crippen LogP contribution in [0.3, 0.4) is 0 Å². The van der Waals surface area contributed by atoms with Crippen molar-refractivity contribution in [1.82, 2.24) is 9.55 Å². The largest absolute Gasteiger partial charge is 0.382 e. The molecule has 0 spiro atoms. The van der Waals surface area contributed by atoms with Crippen molar-refractivity contribution < 1.29 is 5.11 Å². The van der Waals surface area contributed by atoms with Crippen molar-refractivity contribution >= 4 is 0 Å². The molecular weight excluding hydrogens is 212 g/mol. The molecule has 1 saturated carbocycles. The van der Waals surface area contributed by atoms with Crippen molar-refractivity contribution in [3.63, 3.8) is 0 Å². The zero-order valence-corrected chi connectivity index (χ0v) is 11.0. The molecule has 1 aliphatic rings. The highest BCUT2D eigenvalue weighted by Crippen LogP contribution is 2.38. The summed E-state index contributed by atoms with van der Waals surface area (Å²) in [6, 6.07) is 0. The smallest absolute Gasteiger partial charge is 0.140 e. The van der Waals surface area contributed by atoms with Gasteiger partial charge in [0.2, 0.25) is 0 Å². The molecule has 1 aromatic heterocycles. The molecule has 1 atom stereocenters. The molecule has 1 fully saturated rings. The number of aromatic nitrogens is 2. The Morgan fingerprint density at radius 1 is 1.41 bits per heavy atom. The van der Waals surface area contributed by atoms with Gasteiger partial charge in [0.25, 0.3) is 0 Å². The van der Waals surface area contributed by atoms with Crippen LogP contribution in [0.5, 0.6) is 0 Å². The molecule has 1 heterocycles. The highest BCUT2D eigenvalue weighted by Gasteiger charge is 2.37. The number of rotatable bonds is 4. The lowest BCUT2D eigenvalue weighted by Gasteiger charge is -2.35. The molecule has 0 aromatic carbocycles. The molecule has 0 bridgehead atoms. The van der Waals surface area contributed by atoms with Crippen LogP contribution < -0.4 is 0 Å². The van der Waals surface area contributed by atoms with E-state index in [1.165, 1.54) is 19.3 Å². The molecule has 1 N–H and O–H groups in total. The van der Waals surface area contributed by atoms with Gasteiger partial charge in [-0.25, -0.2) is 4.98 Å². The van der Waals surface area contributed by atoms with Gasteiger partial charge in [0, 0.05) is 18.9 Å². The van der Waals surface area contributed by atoms with Gasteiger partial charge in [-0.15, -0.1) is 0 Å². The summed E-state index contributed by atoms with van der Waals surface area (Å²) in [4.78, 5) is 4.39. The number of aliphatic hydroxyl groups is 1. The maximum Gasteiger partial charge on any atom is 0.140 e. The number of aryl methyl sites for hydroxylation is 1. The first-order chi connectivity index (χ1) is 8.16. The number of nitrogens with zero attached hydrogens (tertiary/aromatic N) is 2. The molecule has 17 heavy (non-hydrogen) atoms. The van der Waals surface area contributed by atoms with Crippen molar-refractivity contribution in [3.8, 4) is 0 Å². The summed E-state index contributed by atoms with van der Waals surface area (Å²) in [5.41, 5.74) is -0.765. The minimum Gasteiger partial charge on any atom is -0.382 e. The van der Waals surface area contributed by atoms with E-state index < -0.39 is 5.60 Å². The van der Waals surface area contributed by atoms with Crippen molar-refractivity contribution in [1.29, 1.82) is 0 Å². The van der Waals surface area contributed by atoms with Crippen LogP contribution in [0.1, 0.15) is 58.2 Å². The maximum absolute atomic E-state index is 10.8. The Hall–Kier alpha value is -0.830. The highest BCUT2D eigenvalue weighted by atomic mass is 16.3. The van der Waals surface area contributed by atoms with Gasteiger partial charge in [-0.2, -0.15) is 0 Å². The van der Waals surface area contributed by atoms with E-state index in [9.17, 15) is 5.11 Å². The van der Waals surface area contributed by atoms with E-state index in [0.29, 0.717) is 5.92 Å². The second-order valence-corrected chi connectivity index (χ2v) is 5.43. The summed E-state index contributed by atoms with van der Waals surface area (Å²) in [5.74, 6) is 1.22. The maximum atomic E-state index is 10.8. The van der Waals surface area contributed by atoms with Crippen LogP contribution in [0.25, 0.3) is 0 Å². The van der Waals surface area contributed by atoms with Crippen molar-refractivity contribution in [3.05, 3.63) is 18.2 Å². The van der Waals surface area contributed by atoms with Gasteiger partial charge in [0.05, 0.1) is 0 Å². The molecular formula is C14H24N2O. The summed E-state index contributed by atoms with van der Waals surface area (Å²) < 4.78 is 2.11. The molecule has 3 nitrogen and oxygen atoms in total. The Balaban J connectivity index is 2.20. The summed E-state index contributed by atoms with van der Waals surface area (Å²) >= 11 is 0. The van der Waals surface area contributed by atoms with Gasteiger partial charge >= 0.3 is 0 Å². The zero-order valence-electron chi connectivity index (χ0n) is 11.0. The van der Waals surface area contributed by atoms with Gasteiger partial charge in [0.15, 0.2) is 0 Å². The Morgan fingerprint density at radius 2 is 2.12 bits per heavy atom. The second-order valence-electron chi connectivity index (χ2n) is 5.43. The molecule has 96 valence electrons. The van der Waals surface area contributed by atoms with Crippen LogP contribution in [-0.2, 0) is 12.1 Å². The molecule has 0 amide bonds. The number of hydrogen-bond donors (Lipinski definition) is 1. The first kappa shape index (κ1) is 12.6. The van der Waals surface area contributed by atoms with E-state index in [2.05, 4.69) is 16.5 Å². The van der Waals surface area contributed by atoms with Crippen LogP contribution >= 0.6 is 0 Å². The van der Waals surface area contributed by atoms with Gasteiger partial charge in [0.1, 0.15) is 11.4 Å². The van der Waals surface area contributed by atoms with Crippen LogP contribution in [-0.4, -0.2) is 14.7 Å². The summed E-state index contributed by atoms with van der Waals surface area (Å²) in [5, 5.41) is 10.8. The fraction of sp³-hybridized carbons (Fsp3) is 0.786. The Morgan fingerprint density at radius 3 is 2.76 bits per heavy atom. The minimum atomic E-state index is -0.765. The lowest BCUT2D eigenvalue weighted by Crippen LogP contribution is -2.36. The van der Waals surface area contributed by atoms with Gasteiger partial charge < -0.3 is 9.67 Å². The molecule has 1 unspecified atom stereocenters. The van der Waals surface area contributed by atoms with Crippen molar-refractivity contribution in [2.24, 2.45) is 5.92 Å². The van der Waals surface area contributed by atoms with E-state index in [1.54, 1.807) is 0 Å². The summed E-state index contributed by atoms with van der Waals surface area (Å²) in [6.45, 7) is 5.04. The molecule has 0 saturated heterocycles. The average Bonchev–Trinajstić information content (AvgIpc) is 2.80. The molecule has 0 radical (unpaired) electrons. The third kappa shape index (κ3) is 2.54. The standard InChI is InChI=1S/C14H24N2O/c1-3-10-16-11-9-15-13(16)14(2,17)12-7-5-4-6-8-12/h9,11-12,17H,3-8,10H2,1-2H3. The van der Waals surface area contributed by atoms with E-state index in [1.807, 2.05) is 19.3 Å². The molecule has 1 aliphatic carbocycles. The molecule has 1 aromatic rings. The lowest BCUT2D eigenvalue weighted by molar-refractivity contribution is -0.0319. The van der Waals surface area contributed by atoms with Crippen molar-refractivity contribution in [2.45, 2.75) is 64.5 Å². The first-order valence-electron chi connectivity index (χ1n) is 6.90. The van der Waals surface area contributed by atoms with Crippen molar-refractivity contribution in [2.75, 3.05) is 0 Å². The third-order valence-corrected chi connectivity index (χ3v) is 4.03. The van der Waals surface area contributed by atoms with Crippen LogP contribution in [0.4, 0.5) is 0 Å².